The SMILES string of the molecule is COC(=O)c1nn(-c2ccccc2)c(Sc2ccc(Cl)cc2)c1C=NOCc1ccc(Cl)cc1Cl. The summed E-state index contributed by atoms with van der Waals surface area (Å²) >= 11 is 19.6. The van der Waals surface area contributed by atoms with Crippen LogP contribution in [0.1, 0.15) is 21.6 Å². The van der Waals surface area contributed by atoms with E-state index >= 15 is 0 Å². The molecule has 0 bridgehead atoms. The van der Waals surface area contributed by atoms with Crippen molar-refractivity contribution in [2.24, 2.45) is 5.16 Å². The number of hydrogen-bond acceptors (Lipinski definition) is 6. The van der Waals surface area contributed by atoms with Crippen molar-refractivity contribution in [1.82, 2.24) is 9.78 Å². The van der Waals surface area contributed by atoms with Gasteiger partial charge in [-0.2, -0.15) is 5.10 Å². The van der Waals surface area contributed by atoms with E-state index in [2.05, 4.69) is 10.3 Å². The number of rotatable bonds is 8. The first-order valence-corrected chi connectivity index (χ1v) is 12.2. The van der Waals surface area contributed by atoms with Gasteiger partial charge < -0.3 is 9.57 Å². The standard InChI is InChI=1S/C25H18Cl3N3O3S/c1-33-25(32)23-21(14-29-34-15-16-7-8-18(27)13-22(16)28)24(35-20-11-9-17(26)10-12-20)31(30-23)19-5-3-2-4-6-19/h2-14H,15H2,1H3. The predicted octanol–water partition coefficient (Wildman–Crippen LogP) is 7.32. The van der Waals surface area contributed by atoms with Crippen LogP contribution in [0.3, 0.4) is 0 Å². The van der Waals surface area contributed by atoms with Crippen LogP contribution in [-0.2, 0) is 16.2 Å². The van der Waals surface area contributed by atoms with Gasteiger partial charge in [-0.05, 0) is 48.5 Å². The summed E-state index contributed by atoms with van der Waals surface area (Å²) in [5.41, 5.74) is 2.03. The van der Waals surface area contributed by atoms with Gasteiger partial charge in [0.05, 0.1) is 24.6 Å². The van der Waals surface area contributed by atoms with Gasteiger partial charge in [0.2, 0.25) is 0 Å². The number of carbonyl (C=O) groups excluding carboxylic acids is 1. The summed E-state index contributed by atoms with van der Waals surface area (Å²) in [7, 11) is 1.30. The minimum Gasteiger partial charge on any atom is -0.464 e. The van der Waals surface area contributed by atoms with E-state index in [0.717, 1.165) is 16.1 Å². The number of nitrogens with zero attached hydrogens (tertiary/aromatic N) is 3. The summed E-state index contributed by atoms with van der Waals surface area (Å²) in [6.07, 6.45) is 1.45. The van der Waals surface area contributed by atoms with Gasteiger partial charge in [-0.15, -0.1) is 0 Å². The van der Waals surface area contributed by atoms with Crippen molar-refractivity contribution in [3.05, 3.63) is 105 Å². The number of aromatic nitrogens is 2. The van der Waals surface area contributed by atoms with Crippen molar-refractivity contribution in [2.75, 3.05) is 7.11 Å². The third-order valence-corrected chi connectivity index (χ3v) is 6.71. The molecule has 35 heavy (non-hydrogen) atoms. The Balaban J connectivity index is 1.72. The Kier molecular flexibility index (Phi) is 8.36. The van der Waals surface area contributed by atoms with E-state index in [0.29, 0.717) is 25.7 Å². The van der Waals surface area contributed by atoms with Crippen LogP contribution in [-0.4, -0.2) is 29.1 Å². The van der Waals surface area contributed by atoms with Gasteiger partial charge in [0.1, 0.15) is 11.6 Å². The van der Waals surface area contributed by atoms with Gasteiger partial charge >= 0.3 is 5.97 Å². The molecule has 0 N–H and O–H groups in total. The average Bonchev–Trinajstić information content (AvgIpc) is 3.22. The number of ether oxygens (including phenoxy) is 1. The molecule has 4 aromatic rings. The second-order valence-electron chi connectivity index (χ2n) is 7.11. The minimum absolute atomic E-state index is 0.102. The third-order valence-electron chi connectivity index (χ3n) is 4.78. The maximum absolute atomic E-state index is 12.6. The van der Waals surface area contributed by atoms with E-state index in [1.165, 1.54) is 25.1 Å². The summed E-state index contributed by atoms with van der Waals surface area (Å²) in [5.74, 6) is -0.597. The molecular weight excluding hydrogens is 529 g/mol. The molecule has 1 heterocycles. The molecule has 0 fully saturated rings. The molecule has 0 saturated carbocycles. The van der Waals surface area contributed by atoms with Crippen molar-refractivity contribution < 1.29 is 14.4 Å². The molecular formula is C25H18Cl3N3O3S. The average molecular weight is 547 g/mol. The van der Waals surface area contributed by atoms with E-state index in [1.807, 2.05) is 42.5 Å². The molecule has 1 aromatic heterocycles. The normalized spacial score (nSPS) is 11.1. The Morgan fingerprint density at radius 3 is 2.43 bits per heavy atom. The molecule has 6 nitrogen and oxygen atoms in total. The van der Waals surface area contributed by atoms with E-state index in [-0.39, 0.29) is 12.3 Å². The number of carbonyl (C=O) groups is 1. The Labute approximate surface area is 221 Å². The van der Waals surface area contributed by atoms with Crippen molar-refractivity contribution in [1.29, 1.82) is 0 Å². The van der Waals surface area contributed by atoms with Crippen molar-refractivity contribution in [3.8, 4) is 5.69 Å². The van der Waals surface area contributed by atoms with E-state index in [1.54, 1.807) is 35.0 Å². The smallest absolute Gasteiger partial charge is 0.359 e. The van der Waals surface area contributed by atoms with Gasteiger partial charge in [-0.3, -0.25) is 0 Å². The summed E-state index contributed by atoms with van der Waals surface area (Å²) in [6.45, 7) is 0.118. The van der Waals surface area contributed by atoms with Crippen LogP contribution in [0, 0.1) is 0 Å². The van der Waals surface area contributed by atoms with Crippen LogP contribution in [0.25, 0.3) is 5.69 Å². The van der Waals surface area contributed by atoms with Crippen LogP contribution >= 0.6 is 46.6 Å². The Bertz CT molecular complexity index is 1360. The lowest BCUT2D eigenvalue weighted by Crippen LogP contribution is -2.06. The third kappa shape index (κ3) is 6.18. The molecule has 0 aliphatic heterocycles. The number of benzene rings is 3. The largest absolute Gasteiger partial charge is 0.464 e. The first kappa shape index (κ1) is 25.1. The number of para-hydroxylation sites is 1. The van der Waals surface area contributed by atoms with Crippen LogP contribution in [0.5, 0.6) is 0 Å². The van der Waals surface area contributed by atoms with Gasteiger partial charge in [0.15, 0.2) is 5.69 Å². The van der Waals surface area contributed by atoms with Gasteiger partial charge in [0, 0.05) is 25.5 Å². The fourth-order valence-corrected chi connectivity index (χ4v) is 4.65. The van der Waals surface area contributed by atoms with Crippen LogP contribution < -0.4 is 0 Å². The highest BCUT2D eigenvalue weighted by Gasteiger charge is 2.24. The zero-order valence-electron chi connectivity index (χ0n) is 18.3. The maximum Gasteiger partial charge on any atom is 0.359 e. The monoisotopic (exact) mass is 545 g/mol. The summed E-state index contributed by atoms with van der Waals surface area (Å²) in [6, 6.07) is 21.9. The van der Waals surface area contributed by atoms with Crippen molar-refractivity contribution in [3.63, 3.8) is 0 Å². The number of esters is 1. The first-order valence-electron chi connectivity index (χ1n) is 10.3. The van der Waals surface area contributed by atoms with Crippen LogP contribution in [0.15, 0.2) is 87.9 Å². The fourth-order valence-electron chi connectivity index (χ4n) is 3.07. The van der Waals surface area contributed by atoms with E-state index < -0.39 is 5.97 Å². The second-order valence-corrected chi connectivity index (χ2v) is 9.45. The highest BCUT2D eigenvalue weighted by molar-refractivity contribution is 7.99. The Morgan fingerprint density at radius 2 is 1.74 bits per heavy atom. The minimum atomic E-state index is -0.597. The molecule has 0 unspecified atom stereocenters. The first-order chi connectivity index (χ1) is 17.0. The number of halogens is 3. The maximum atomic E-state index is 12.6. The summed E-state index contributed by atoms with van der Waals surface area (Å²) in [4.78, 5) is 19.0. The highest BCUT2D eigenvalue weighted by Crippen LogP contribution is 2.34. The topological polar surface area (TPSA) is 65.7 Å². The number of methoxy groups -OCH3 is 1. The molecule has 10 heteroatoms. The molecule has 3 aromatic carbocycles. The highest BCUT2D eigenvalue weighted by atomic mass is 35.5. The quantitative estimate of drug-likeness (QED) is 0.132. The fraction of sp³-hybridized carbons (Fsp3) is 0.0800. The molecule has 0 aliphatic rings. The van der Waals surface area contributed by atoms with Gasteiger partial charge in [-0.1, -0.05) is 76.0 Å². The molecule has 0 aliphatic carbocycles. The summed E-state index contributed by atoms with van der Waals surface area (Å²) in [5, 5.41) is 10.9. The zero-order valence-corrected chi connectivity index (χ0v) is 21.4. The van der Waals surface area contributed by atoms with E-state index in [9.17, 15) is 4.79 Å². The molecule has 0 spiro atoms. The number of oxime groups is 1. The Morgan fingerprint density at radius 1 is 1.03 bits per heavy atom. The molecule has 4 rings (SSSR count). The van der Waals surface area contributed by atoms with Crippen LogP contribution in [0.2, 0.25) is 15.1 Å². The van der Waals surface area contributed by atoms with Crippen molar-refractivity contribution >= 4 is 58.7 Å². The number of hydrogen-bond donors (Lipinski definition) is 0. The lowest BCUT2D eigenvalue weighted by molar-refractivity contribution is 0.0593. The molecule has 0 saturated heterocycles. The second kappa shape index (κ2) is 11.6. The summed E-state index contributed by atoms with van der Waals surface area (Å²) < 4.78 is 6.65. The van der Waals surface area contributed by atoms with E-state index in [4.69, 9.17) is 44.4 Å². The lowest BCUT2D eigenvalue weighted by atomic mass is 10.2. The molecule has 0 radical (unpaired) electrons. The molecule has 178 valence electrons. The van der Waals surface area contributed by atoms with Gasteiger partial charge in [-0.25, -0.2) is 9.48 Å². The molecule has 0 amide bonds. The zero-order chi connectivity index (χ0) is 24.8. The molecule has 0 atom stereocenters. The van der Waals surface area contributed by atoms with Crippen LogP contribution in [0.4, 0.5) is 0 Å². The Hall–Kier alpha value is -2.97. The van der Waals surface area contributed by atoms with Crippen molar-refractivity contribution in [2.45, 2.75) is 16.5 Å². The van der Waals surface area contributed by atoms with Gasteiger partial charge in [0.25, 0.3) is 0 Å². The predicted molar refractivity (Wildman–Crippen MR) is 139 cm³/mol. The lowest BCUT2D eigenvalue weighted by Gasteiger charge is -2.08.